The van der Waals surface area contributed by atoms with E-state index >= 15 is 0 Å². The Kier molecular flexibility index (Phi) is 8.09. The summed E-state index contributed by atoms with van der Waals surface area (Å²) in [7, 11) is 2.10. The second kappa shape index (κ2) is 14.5. The molecule has 2 aromatic carbocycles. The van der Waals surface area contributed by atoms with Crippen molar-refractivity contribution in [2.45, 2.75) is 24.0 Å². The Morgan fingerprint density at radius 2 is 1.06 bits per heavy atom. The molecule has 24 heteroatoms. The average Bonchev–Trinajstić information content (AvgIpc) is 0.753. The molecule has 79 heavy (non-hydrogen) atoms. The molecule has 7 aromatic rings. The van der Waals surface area contributed by atoms with E-state index in [9.17, 15) is 28.8 Å². The number of rotatable bonds is 14. The van der Waals surface area contributed by atoms with Crippen molar-refractivity contribution in [3.05, 3.63) is 119 Å². The molecule has 0 saturated heterocycles. The lowest BCUT2D eigenvalue weighted by Crippen LogP contribution is -3.15. The van der Waals surface area contributed by atoms with Gasteiger partial charge < -0.3 is 46.7 Å². The number of anilines is 2. The van der Waals surface area contributed by atoms with Crippen LogP contribution in [0.25, 0.3) is 11.3 Å². The SMILES string of the molecule is CNC12C3C4C1C1C2C3C41CNC(=O)c1cc(C(=O)NCc2ccc3c(c2)NC(=O)CO3)nc2ccnn12.O=C1COc2ccc(CNC(=O)c3cc(C(=O)NCC45C6C7C4C4C5C6C74c4ncn[nH]4)n4nccc4n3)cc2N1. The maximum atomic E-state index is 13.5. The van der Waals surface area contributed by atoms with Crippen LogP contribution in [0.2, 0.25) is 0 Å². The van der Waals surface area contributed by atoms with E-state index in [2.05, 4.69) is 79.6 Å². The highest BCUT2D eigenvalue weighted by Crippen LogP contribution is 3.09. The molecule has 0 spiro atoms. The fourth-order valence-corrected chi connectivity index (χ4v) is 19.7. The van der Waals surface area contributed by atoms with Crippen LogP contribution in [-0.2, 0) is 28.1 Å². The molecule has 12 fully saturated rings. The van der Waals surface area contributed by atoms with Crippen LogP contribution < -0.4 is 46.7 Å². The van der Waals surface area contributed by atoms with Crippen LogP contribution >= 0.6 is 0 Å². The number of carbonyl (C=O) groups excluding carboxylic acids is 6. The highest BCUT2D eigenvalue weighted by molar-refractivity contribution is 6.00. The molecule has 6 amide bonds. The number of hydrogen-bond donors (Lipinski definition) is 8. The van der Waals surface area contributed by atoms with E-state index in [4.69, 9.17) is 9.47 Å². The first-order valence-corrected chi connectivity index (χ1v) is 27.0. The summed E-state index contributed by atoms with van der Waals surface area (Å²) in [6.07, 6.45) is 4.74. The van der Waals surface area contributed by atoms with Gasteiger partial charge in [-0.15, -0.1) is 0 Å². The van der Waals surface area contributed by atoms with E-state index < -0.39 is 11.8 Å². The number of hydrogen-bond acceptors (Lipinski definition) is 15. The zero-order chi connectivity index (χ0) is 52.8. The topological polar surface area (TPSA) is 307 Å². The smallest absolute Gasteiger partial charge is 0.270 e. The van der Waals surface area contributed by atoms with Crippen LogP contribution in [0.3, 0.4) is 0 Å². The van der Waals surface area contributed by atoms with Crippen LogP contribution in [0.1, 0.15) is 58.9 Å². The Morgan fingerprint density at radius 3 is 1.51 bits per heavy atom. The fourth-order valence-electron chi connectivity index (χ4n) is 19.7. The largest absolute Gasteiger partial charge is 0.482 e. The summed E-state index contributed by atoms with van der Waals surface area (Å²) in [5, 5.41) is 36.9. The van der Waals surface area contributed by atoms with E-state index in [1.807, 2.05) is 12.1 Å². The van der Waals surface area contributed by atoms with E-state index in [1.165, 1.54) is 21.2 Å². The van der Waals surface area contributed by atoms with Gasteiger partial charge in [0.1, 0.15) is 46.4 Å². The number of carbonyl (C=O) groups is 6. The predicted octanol–water partition coefficient (Wildman–Crippen LogP) is 0.958. The molecule has 8 N–H and O–H groups in total. The second-order valence-corrected chi connectivity index (χ2v) is 23.8. The summed E-state index contributed by atoms with van der Waals surface area (Å²) in [5.41, 5.74) is 5.63. The quantitative estimate of drug-likeness (QED) is 0.0753. The number of fused-ring (bicyclic) bond motifs is 4. The monoisotopic (exact) mass is 1060 g/mol. The third-order valence-corrected chi connectivity index (χ3v) is 22.0. The summed E-state index contributed by atoms with van der Waals surface area (Å²) in [6.45, 7) is 1.74. The van der Waals surface area contributed by atoms with Gasteiger partial charge in [0.15, 0.2) is 24.5 Å². The minimum atomic E-state index is -0.417. The molecule has 2 aliphatic heterocycles. The van der Waals surface area contributed by atoms with Gasteiger partial charge in [0.25, 0.3) is 35.4 Å². The first-order chi connectivity index (χ1) is 38.5. The number of aromatic amines is 1. The van der Waals surface area contributed by atoms with Gasteiger partial charge in [-0.25, -0.2) is 24.0 Å². The lowest BCUT2D eigenvalue weighted by Gasteiger charge is -3.11. The summed E-state index contributed by atoms with van der Waals surface area (Å²) >= 11 is 0. The number of amides is 6. The Morgan fingerprint density at radius 1 is 0.595 bits per heavy atom. The van der Waals surface area contributed by atoms with Crippen molar-refractivity contribution < 1.29 is 38.2 Å². The Bertz CT molecular complexity index is 3890. The van der Waals surface area contributed by atoms with Crippen molar-refractivity contribution in [3.8, 4) is 11.5 Å². The van der Waals surface area contributed by atoms with E-state index in [0.717, 1.165) is 52.5 Å². The first kappa shape index (κ1) is 44.2. The molecule has 396 valence electrons. The summed E-state index contributed by atoms with van der Waals surface area (Å²) in [5.74, 6) is 9.27. The normalized spacial score (nSPS) is 36.2. The van der Waals surface area contributed by atoms with E-state index in [-0.39, 0.29) is 77.8 Å². The number of H-pyrrole nitrogens is 1. The molecule has 0 unspecified atom stereocenters. The van der Waals surface area contributed by atoms with Crippen LogP contribution in [0.5, 0.6) is 11.5 Å². The number of benzene rings is 2. The molecule has 21 rings (SSSR count). The molecular weight excluding hydrogens is 1010 g/mol. The number of nitrogens with one attached hydrogen (secondary N) is 8. The Labute approximate surface area is 446 Å². The molecule has 14 aliphatic rings. The van der Waals surface area contributed by atoms with Crippen molar-refractivity contribution in [1.82, 2.24) is 71.0 Å². The number of aromatic nitrogens is 9. The molecule has 24 nitrogen and oxygen atoms in total. The molecular formula is C55H48N16O8. The molecule has 5 aromatic heterocycles. The van der Waals surface area contributed by atoms with Gasteiger partial charge in [-0.1, -0.05) is 12.1 Å². The van der Waals surface area contributed by atoms with Gasteiger partial charge >= 0.3 is 0 Å². The molecule has 12 aliphatic carbocycles. The highest BCUT2D eigenvalue weighted by Gasteiger charge is 3.11. The third kappa shape index (κ3) is 4.87. The fraction of sp³-hybridized carbons (Fsp3) is 0.418. The standard InChI is InChI=1S/C28H23N9O4.C27H25N7O4/c38-17-8-41-15-2-1-11(5-12(15)35-17)7-29-24(39)13-6-14(37-16(34-13)3-4-33-37)25(40)30-9-27-18-21-19(27)23-20(27)22(18)28(21,23)26-31-10-32-36-26;1-28-27-21-18-22(27)20-23(27)19(21)26(18,20)10-30-25(37)14-7-13(32-16-4-5-31-34(14)16)24(36)29-8-11-2-3-15-12(6-11)33-17(35)9-38-15/h1-6,10,18-23H,7-9H2,(H,29,39)(H,30,40)(H,35,38)(H,31,32,36);2-7,18-23,28H,8-10H2,1H3,(H,29,36)(H,30,37)(H,33,35). The predicted molar refractivity (Wildman–Crippen MR) is 271 cm³/mol. The van der Waals surface area contributed by atoms with Crippen molar-refractivity contribution in [3.63, 3.8) is 0 Å². The van der Waals surface area contributed by atoms with Gasteiger partial charge in [0.2, 0.25) is 0 Å². The van der Waals surface area contributed by atoms with E-state index in [0.29, 0.717) is 99.4 Å². The van der Waals surface area contributed by atoms with Gasteiger partial charge in [-0.05, 0) is 124 Å². The van der Waals surface area contributed by atoms with Crippen LogP contribution in [0.4, 0.5) is 11.4 Å². The number of nitrogens with zero attached hydrogens (tertiary/aromatic N) is 8. The summed E-state index contributed by atoms with van der Waals surface area (Å²) < 4.78 is 13.7. The lowest BCUT2D eigenvalue weighted by atomic mass is 8.92. The van der Waals surface area contributed by atoms with Crippen LogP contribution in [0, 0.1) is 81.8 Å². The summed E-state index contributed by atoms with van der Waals surface area (Å²) in [6, 6.07) is 17.0. The van der Waals surface area contributed by atoms with E-state index in [1.54, 1.807) is 55.1 Å². The zero-order valence-electron chi connectivity index (χ0n) is 42.0. The molecule has 0 bridgehead atoms. The molecule has 0 radical (unpaired) electrons. The van der Waals surface area contributed by atoms with Crippen molar-refractivity contribution >= 4 is 58.1 Å². The first-order valence-electron chi connectivity index (χ1n) is 27.0. The maximum absolute atomic E-state index is 13.5. The zero-order valence-corrected chi connectivity index (χ0v) is 42.0. The Hall–Kier alpha value is -8.80. The van der Waals surface area contributed by atoms with Crippen LogP contribution in [0.15, 0.2) is 79.4 Å². The van der Waals surface area contributed by atoms with Gasteiger partial charge in [-0.2, -0.15) is 15.3 Å². The lowest BCUT2D eigenvalue weighted by molar-refractivity contribution is -0.627. The third-order valence-electron chi connectivity index (χ3n) is 22.0. The van der Waals surface area contributed by atoms with Gasteiger partial charge in [-0.3, -0.25) is 33.9 Å². The van der Waals surface area contributed by atoms with Crippen molar-refractivity contribution in [2.24, 2.45) is 81.8 Å². The van der Waals surface area contributed by atoms with Gasteiger partial charge in [0, 0.05) is 61.4 Å². The Balaban J connectivity index is 0.000000123. The molecule has 12 saturated carbocycles. The maximum Gasteiger partial charge on any atom is 0.270 e. The number of ether oxygens (including phenoxy) is 2. The minimum absolute atomic E-state index is 0.0109. The second-order valence-electron chi connectivity index (χ2n) is 23.8. The minimum Gasteiger partial charge on any atom is -0.482 e. The van der Waals surface area contributed by atoms with Crippen molar-refractivity contribution in [2.75, 3.05) is 44.0 Å². The van der Waals surface area contributed by atoms with Gasteiger partial charge in [0.05, 0.1) is 23.8 Å². The highest BCUT2D eigenvalue weighted by atomic mass is 16.5. The molecule has 0 atom stereocenters. The summed E-state index contributed by atoms with van der Waals surface area (Å²) in [4.78, 5) is 89.5. The average molecular weight is 1060 g/mol. The van der Waals surface area contributed by atoms with Crippen molar-refractivity contribution in [1.29, 1.82) is 0 Å². The van der Waals surface area contributed by atoms with Crippen LogP contribution in [-0.4, -0.2) is 119 Å². The molecule has 7 heterocycles.